The van der Waals surface area contributed by atoms with Crippen LogP contribution in [0.1, 0.15) is 52.5 Å². The summed E-state index contributed by atoms with van der Waals surface area (Å²) in [7, 11) is 0. The van der Waals surface area contributed by atoms with E-state index in [1.165, 1.54) is 6.92 Å². The van der Waals surface area contributed by atoms with Crippen molar-refractivity contribution in [1.29, 1.82) is 0 Å². The van der Waals surface area contributed by atoms with E-state index < -0.39 is 17.8 Å². The number of benzene rings is 1. The topological polar surface area (TPSA) is 93.1 Å². The number of nitrogens with one attached hydrogen (secondary N) is 1. The Labute approximate surface area is 212 Å². The third-order valence-corrected chi connectivity index (χ3v) is 6.43. The van der Waals surface area contributed by atoms with Crippen molar-refractivity contribution in [3.8, 4) is 0 Å². The predicted octanol–water partition coefficient (Wildman–Crippen LogP) is 3.29. The molecule has 0 unspecified atom stereocenters. The molecule has 1 N–H and O–H groups in total. The molecular formula is C27H38N4O5. The largest absolute Gasteiger partial charge is 0.444 e. The van der Waals surface area contributed by atoms with Crippen molar-refractivity contribution in [3.63, 3.8) is 0 Å². The van der Waals surface area contributed by atoms with Gasteiger partial charge in [-0.2, -0.15) is 0 Å². The van der Waals surface area contributed by atoms with Crippen LogP contribution in [0.3, 0.4) is 0 Å². The molecule has 1 saturated heterocycles. The zero-order chi connectivity index (χ0) is 25.9. The Morgan fingerprint density at radius 1 is 1.19 bits per heavy atom. The molecule has 2 fully saturated rings. The molecule has 2 aromatic rings. The maximum atomic E-state index is 13.6. The van der Waals surface area contributed by atoms with Crippen LogP contribution in [0.4, 0.5) is 4.79 Å². The normalized spacial score (nSPS) is 18.2. The van der Waals surface area contributed by atoms with Crippen LogP contribution in [0, 0.1) is 0 Å². The van der Waals surface area contributed by atoms with Gasteiger partial charge in [0.25, 0.3) is 5.91 Å². The smallest absolute Gasteiger partial charge is 0.410 e. The highest BCUT2D eigenvalue weighted by Crippen LogP contribution is 2.32. The van der Waals surface area contributed by atoms with Crippen LogP contribution >= 0.6 is 0 Å². The van der Waals surface area contributed by atoms with Crippen LogP contribution in [-0.4, -0.2) is 76.3 Å². The van der Waals surface area contributed by atoms with E-state index in [2.05, 4.69) is 28.2 Å². The number of aryl methyl sites for hydroxylation is 1. The fourth-order valence-corrected chi connectivity index (χ4v) is 4.58. The number of aromatic nitrogens is 1. The van der Waals surface area contributed by atoms with Crippen molar-refractivity contribution in [2.45, 2.75) is 77.8 Å². The summed E-state index contributed by atoms with van der Waals surface area (Å²) in [5, 5.41) is 3.97. The number of hydrogen-bond acceptors (Lipinski definition) is 5. The van der Waals surface area contributed by atoms with Gasteiger partial charge in [-0.25, -0.2) is 4.79 Å². The average Bonchev–Trinajstić information content (AvgIpc) is 3.61. The van der Waals surface area contributed by atoms with E-state index in [-0.39, 0.29) is 24.4 Å². The van der Waals surface area contributed by atoms with Gasteiger partial charge in [0.05, 0.1) is 13.2 Å². The van der Waals surface area contributed by atoms with Gasteiger partial charge in [0.2, 0.25) is 5.91 Å². The van der Waals surface area contributed by atoms with E-state index in [9.17, 15) is 14.4 Å². The molecule has 1 aliphatic carbocycles. The van der Waals surface area contributed by atoms with Crippen LogP contribution in [0.5, 0.6) is 0 Å². The second kappa shape index (κ2) is 10.9. The van der Waals surface area contributed by atoms with E-state index in [0.717, 1.165) is 42.3 Å². The summed E-state index contributed by atoms with van der Waals surface area (Å²) >= 11 is 0. The van der Waals surface area contributed by atoms with Crippen molar-refractivity contribution in [1.82, 2.24) is 19.7 Å². The maximum absolute atomic E-state index is 13.6. The molecule has 1 saturated carbocycles. The molecule has 3 amide bonds. The van der Waals surface area contributed by atoms with E-state index in [1.807, 2.05) is 37.8 Å². The molecule has 196 valence electrons. The summed E-state index contributed by atoms with van der Waals surface area (Å²) in [6, 6.07) is 8.40. The number of carbonyl (C=O) groups excluding carboxylic acids is 3. The average molecular weight is 499 g/mol. The first kappa shape index (κ1) is 26.0. The van der Waals surface area contributed by atoms with Crippen molar-refractivity contribution in [3.05, 3.63) is 36.0 Å². The molecule has 1 aliphatic heterocycles. The van der Waals surface area contributed by atoms with Crippen molar-refractivity contribution in [2.24, 2.45) is 0 Å². The SMILES string of the molecule is CC(=O)NCCCn1cc(CN(C(=O)[C@H]2CN(C(=O)OC(C)(C)C)CCO2)C2CC2)c2ccccc21. The number of nitrogens with zero attached hydrogens (tertiary/aromatic N) is 3. The van der Waals surface area contributed by atoms with Crippen LogP contribution in [0.2, 0.25) is 0 Å². The molecule has 9 nitrogen and oxygen atoms in total. The Hall–Kier alpha value is -3.07. The van der Waals surface area contributed by atoms with Crippen molar-refractivity contribution in [2.75, 3.05) is 26.2 Å². The summed E-state index contributed by atoms with van der Waals surface area (Å²) < 4.78 is 13.5. The zero-order valence-corrected chi connectivity index (χ0v) is 21.8. The van der Waals surface area contributed by atoms with Crippen LogP contribution < -0.4 is 5.32 Å². The number of morpholine rings is 1. The third-order valence-electron chi connectivity index (χ3n) is 6.43. The number of ether oxygens (including phenoxy) is 2. The highest BCUT2D eigenvalue weighted by molar-refractivity contribution is 5.86. The van der Waals surface area contributed by atoms with Gasteiger partial charge < -0.3 is 29.2 Å². The molecule has 0 radical (unpaired) electrons. The minimum atomic E-state index is -0.696. The van der Waals surface area contributed by atoms with Gasteiger partial charge >= 0.3 is 6.09 Å². The molecule has 4 rings (SSSR count). The fourth-order valence-electron chi connectivity index (χ4n) is 4.58. The third kappa shape index (κ3) is 6.57. The van der Waals surface area contributed by atoms with Crippen molar-refractivity contribution < 1.29 is 23.9 Å². The van der Waals surface area contributed by atoms with Gasteiger partial charge in [0.1, 0.15) is 5.60 Å². The van der Waals surface area contributed by atoms with Crippen LogP contribution in [0.15, 0.2) is 30.5 Å². The lowest BCUT2D eigenvalue weighted by molar-refractivity contribution is -0.150. The Morgan fingerprint density at radius 3 is 2.64 bits per heavy atom. The Kier molecular flexibility index (Phi) is 7.88. The number of fused-ring (bicyclic) bond motifs is 1. The monoisotopic (exact) mass is 498 g/mol. The zero-order valence-electron chi connectivity index (χ0n) is 21.8. The Bertz CT molecular complexity index is 1100. The lowest BCUT2D eigenvalue weighted by Crippen LogP contribution is -2.53. The Morgan fingerprint density at radius 2 is 1.94 bits per heavy atom. The summed E-state index contributed by atoms with van der Waals surface area (Å²) in [5.74, 6) is -0.102. The molecule has 9 heteroatoms. The first-order chi connectivity index (χ1) is 17.1. The minimum Gasteiger partial charge on any atom is -0.444 e. The van der Waals surface area contributed by atoms with Gasteiger partial charge in [0, 0.05) is 56.2 Å². The highest BCUT2D eigenvalue weighted by Gasteiger charge is 2.39. The van der Waals surface area contributed by atoms with Crippen LogP contribution in [-0.2, 0) is 32.2 Å². The maximum Gasteiger partial charge on any atom is 0.410 e. The molecule has 36 heavy (non-hydrogen) atoms. The quantitative estimate of drug-likeness (QED) is 0.564. The number of rotatable bonds is 8. The fraction of sp³-hybridized carbons (Fsp3) is 0.593. The summed E-state index contributed by atoms with van der Waals surface area (Å²) in [6.07, 6.45) is 3.78. The van der Waals surface area contributed by atoms with Crippen LogP contribution in [0.25, 0.3) is 10.9 Å². The van der Waals surface area contributed by atoms with Gasteiger partial charge in [-0.05, 0) is 51.7 Å². The molecule has 1 atom stereocenters. The number of hydrogen-bond donors (Lipinski definition) is 1. The van der Waals surface area contributed by atoms with E-state index in [0.29, 0.717) is 26.2 Å². The Balaban J connectivity index is 1.47. The van der Waals surface area contributed by atoms with E-state index in [1.54, 1.807) is 4.90 Å². The van der Waals surface area contributed by atoms with Gasteiger partial charge in [0.15, 0.2) is 6.10 Å². The first-order valence-corrected chi connectivity index (χ1v) is 12.8. The molecule has 2 heterocycles. The summed E-state index contributed by atoms with van der Waals surface area (Å²) in [5.41, 5.74) is 1.61. The lowest BCUT2D eigenvalue weighted by Gasteiger charge is -2.35. The number of para-hydroxylation sites is 1. The van der Waals surface area contributed by atoms with Gasteiger partial charge in [-0.15, -0.1) is 0 Å². The number of carbonyl (C=O) groups is 3. The van der Waals surface area contributed by atoms with Crippen molar-refractivity contribution >= 4 is 28.8 Å². The molecule has 1 aromatic carbocycles. The lowest BCUT2D eigenvalue weighted by atomic mass is 10.1. The summed E-state index contributed by atoms with van der Waals surface area (Å²) in [6.45, 7) is 9.82. The molecule has 1 aromatic heterocycles. The second-order valence-corrected chi connectivity index (χ2v) is 10.7. The molecular weight excluding hydrogens is 460 g/mol. The predicted molar refractivity (Wildman–Crippen MR) is 136 cm³/mol. The van der Waals surface area contributed by atoms with Gasteiger partial charge in [-0.1, -0.05) is 18.2 Å². The summed E-state index contributed by atoms with van der Waals surface area (Å²) in [4.78, 5) is 40.9. The standard InChI is InChI=1S/C27H38N4O5/c1-19(32)28-12-7-13-29-16-20(22-8-5-6-9-23(22)29)17-31(21-10-11-21)25(33)24-18-30(14-15-35-24)26(34)36-27(2,3)4/h5-6,8-9,16,21,24H,7,10-15,17-18H2,1-4H3,(H,28,32)/t24-/m1/s1. The first-order valence-electron chi connectivity index (χ1n) is 12.8. The number of amides is 3. The minimum absolute atomic E-state index is 0.0261. The highest BCUT2D eigenvalue weighted by atomic mass is 16.6. The molecule has 0 bridgehead atoms. The van der Waals surface area contributed by atoms with E-state index in [4.69, 9.17) is 9.47 Å². The van der Waals surface area contributed by atoms with Gasteiger partial charge in [-0.3, -0.25) is 9.59 Å². The second-order valence-electron chi connectivity index (χ2n) is 10.7. The van der Waals surface area contributed by atoms with E-state index >= 15 is 0 Å². The molecule has 2 aliphatic rings. The molecule has 0 spiro atoms.